The zero-order valence-corrected chi connectivity index (χ0v) is 10.4. The molecule has 6 heteroatoms. The molecule has 18 heavy (non-hydrogen) atoms. The second-order valence-electron chi connectivity index (χ2n) is 5.06. The monoisotopic (exact) mass is 267 g/mol. The molecule has 0 radical (unpaired) electrons. The standard InChI is InChI=1S/C12H20F3NO2/c13-12(14,15)9-16-5-3-10(4-6-16)18-8-11-2-1-7-17-11/h10-11H,1-9H2/t11-/m1/s1. The van der Waals surface area contributed by atoms with Crippen LogP contribution in [-0.2, 0) is 9.47 Å². The van der Waals surface area contributed by atoms with E-state index in [0.29, 0.717) is 32.5 Å². The summed E-state index contributed by atoms with van der Waals surface area (Å²) in [5.41, 5.74) is 0. The van der Waals surface area contributed by atoms with Crippen LogP contribution in [0.5, 0.6) is 0 Å². The molecular formula is C12H20F3NO2. The molecule has 1 atom stereocenters. The summed E-state index contributed by atoms with van der Waals surface area (Å²) in [5, 5.41) is 0. The van der Waals surface area contributed by atoms with E-state index in [-0.39, 0.29) is 12.2 Å². The van der Waals surface area contributed by atoms with Crippen LogP contribution in [-0.4, -0.2) is 56.1 Å². The van der Waals surface area contributed by atoms with E-state index in [2.05, 4.69) is 0 Å². The lowest BCUT2D eigenvalue weighted by Crippen LogP contribution is -2.42. The van der Waals surface area contributed by atoms with Gasteiger partial charge in [-0.2, -0.15) is 13.2 Å². The van der Waals surface area contributed by atoms with Crippen molar-refractivity contribution in [2.75, 3.05) is 32.8 Å². The minimum absolute atomic E-state index is 0.0960. The molecule has 0 aromatic heterocycles. The van der Waals surface area contributed by atoms with Crippen LogP contribution in [0.25, 0.3) is 0 Å². The summed E-state index contributed by atoms with van der Waals surface area (Å²) in [6.07, 6.45) is -0.320. The van der Waals surface area contributed by atoms with Crippen molar-refractivity contribution in [3.63, 3.8) is 0 Å². The summed E-state index contributed by atoms with van der Waals surface area (Å²) < 4.78 is 47.8. The van der Waals surface area contributed by atoms with Gasteiger partial charge in [-0.05, 0) is 25.7 Å². The van der Waals surface area contributed by atoms with Gasteiger partial charge in [0, 0.05) is 19.7 Å². The molecule has 2 fully saturated rings. The van der Waals surface area contributed by atoms with Crippen molar-refractivity contribution >= 4 is 0 Å². The summed E-state index contributed by atoms with van der Waals surface area (Å²) in [6, 6.07) is 0. The molecule has 0 spiro atoms. The third kappa shape index (κ3) is 4.74. The van der Waals surface area contributed by atoms with Crippen molar-refractivity contribution in [2.45, 2.75) is 44.1 Å². The zero-order chi connectivity index (χ0) is 13.0. The molecule has 2 rings (SSSR count). The fraction of sp³-hybridized carbons (Fsp3) is 1.00. The molecule has 2 aliphatic rings. The molecule has 0 aromatic rings. The largest absolute Gasteiger partial charge is 0.401 e. The Morgan fingerprint density at radius 3 is 2.44 bits per heavy atom. The predicted octanol–water partition coefficient (Wildman–Crippen LogP) is 2.21. The zero-order valence-electron chi connectivity index (χ0n) is 10.4. The highest BCUT2D eigenvalue weighted by atomic mass is 19.4. The van der Waals surface area contributed by atoms with Crippen molar-refractivity contribution in [2.24, 2.45) is 0 Å². The van der Waals surface area contributed by atoms with Crippen LogP contribution in [0, 0.1) is 0 Å². The van der Waals surface area contributed by atoms with Gasteiger partial charge >= 0.3 is 6.18 Å². The minimum atomic E-state index is -4.09. The van der Waals surface area contributed by atoms with Gasteiger partial charge in [0.05, 0.1) is 25.4 Å². The summed E-state index contributed by atoms with van der Waals surface area (Å²) in [5.74, 6) is 0. The lowest BCUT2D eigenvalue weighted by molar-refractivity contribution is -0.151. The van der Waals surface area contributed by atoms with Crippen LogP contribution in [0.4, 0.5) is 13.2 Å². The third-order valence-corrected chi connectivity index (χ3v) is 3.48. The molecule has 2 saturated heterocycles. The average molecular weight is 267 g/mol. The maximum absolute atomic E-state index is 12.2. The van der Waals surface area contributed by atoms with Crippen molar-refractivity contribution in [1.82, 2.24) is 4.90 Å². The van der Waals surface area contributed by atoms with Crippen molar-refractivity contribution in [1.29, 1.82) is 0 Å². The number of halogens is 3. The fourth-order valence-electron chi connectivity index (χ4n) is 2.51. The Kier molecular flexibility index (Phi) is 4.86. The molecule has 0 amide bonds. The van der Waals surface area contributed by atoms with Gasteiger partial charge in [-0.3, -0.25) is 4.90 Å². The summed E-state index contributed by atoms with van der Waals surface area (Å²) in [7, 11) is 0. The van der Waals surface area contributed by atoms with E-state index in [1.54, 1.807) is 0 Å². The van der Waals surface area contributed by atoms with Crippen LogP contribution in [0.3, 0.4) is 0 Å². The van der Waals surface area contributed by atoms with Gasteiger partial charge in [0.2, 0.25) is 0 Å². The average Bonchev–Trinajstić information content (AvgIpc) is 2.79. The van der Waals surface area contributed by atoms with Crippen LogP contribution in [0.15, 0.2) is 0 Å². The van der Waals surface area contributed by atoms with Crippen LogP contribution in [0.1, 0.15) is 25.7 Å². The molecule has 0 N–H and O–H groups in total. The van der Waals surface area contributed by atoms with Gasteiger partial charge in [0.25, 0.3) is 0 Å². The van der Waals surface area contributed by atoms with Crippen LogP contribution in [0.2, 0.25) is 0 Å². The normalized spacial score (nSPS) is 27.8. The Labute approximate surface area is 105 Å². The summed E-state index contributed by atoms with van der Waals surface area (Å²) >= 11 is 0. The Bertz CT molecular complexity index is 246. The molecule has 0 unspecified atom stereocenters. The first kappa shape index (κ1) is 14.1. The number of hydrogen-bond acceptors (Lipinski definition) is 3. The van der Waals surface area contributed by atoms with Gasteiger partial charge in [-0.25, -0.2) is 0 Å². The number of alkyl halides is 3. The number of rotatable bonds is 4. The van der Waals surface area contributed by atoms with E-state index in [1.807, 2.05) is 0 Å². The van der Waals surface area contributed by atoms with E-state index in [0.717, 1.165) is 19.4 Å². The molecule has 2 aliphatic heterocycles. The van der Waals surface area contributed by atoms with E-state index in [1.165, 1.54) is 4.90 Å². The predicted molar refractivity (Wildman–Crippen MR) is 60.4 cm³/mol. The number of ether oxygens (including phenoxy) is 2. The molecule has 0 bridgehead atoms. The first-order valence-electron chi connectivity index (χ1n) is 6.55. The summed E-state index contributed by atoms with van der Waals surface area (Å²) in [4.78, 5) is 1.45. The lowest BCUT2D eigenvalue weighted by Gasteiger charge is -2.32. The van der Waals surface area contributed by atoms with Gasteiger partial charge < -0.3 is 9.47 Å². The maximum Gasteiger partial charge on any atom is 0.401 e. The highest BCUT2D eigenvalue weighted by Crippen LogP contribution is 2.21. The van der Waals surface area contributed by atoms with Gasteiger partial charge in [-0.1, -0.05) is 0 Å². The molecular weight excluding hydrogens is 247 g/mol. The highest BCUT2D eigenvalue weighted by molar-refractivity contribution is 4.75. The van der Waals surface area contributed by atoms with Gasteiger partial charge in [0.1, 0.15) is 0 Å². The molecule has 2 heterocycles. The maximum atomic E-state index is 12.2. The molecule has 3 nitrogen and oxygen atoms in total. The SMILES string of the molecule is FC(F)(F)CN1CCC(OC[C@H]2CCCO2)CC1. The Hall–Kier alpha value is -0.330. The Balaban J connectivity index is 1.61. The quantitative estimate of drug-likeness (QED) is 0.779. The van der Waals surface area contributed by atoms with Crippen molar-refractivity contribution < 1.29 is 22.6 Å². The van der Waals surface area contributed by atoms with Gasteiger partial charge in [-0.15, -0.1) is 0 Å². The molecule has 0 aromatic carbocycles. The van der Waals surface area contributed by atoms with Gasteiger partial charge in [0.15, 0.2) is 0 Å². The van der Waals surface area contributed by atoms with Crippen molar-refractivity contribution in [3.8, 4) is 0 Å². The minimum Gasteiger partial charge on any atom is -0.376 e. The smallest absolute Gasteiger partial charge is 0.376 e. The number of hydrogen-bond donors (Lipinski definition) is 0. The van der Waals surface area contributed by atoms with E-state index < -0.39 is 12.7 Å². The Morgan fingerprint density at radius 2 is 1.89 bits per heavy atom. The first-order chi connectivity index (χ1) is 8.53. The van der Waals surface area contributed by atoms with Crippen LogP contribution < -0.4 is 0 Å². The molecule has 106 valence electrons. The summed E-state index contributed by atoms with van der Waals surface area (Å²) in [6.45, 7) is 1.53. The number of likely N-dealkylation sites (tertiary alicyclic amines) is 1. The van der Waals surface area contributed by atoms with E-state index >= 15 is 0 Å². The second kappa shape index (κ2) is 6.21. The number of piperidine rings is 1. The van der Waals surface area contributed by atoms with Crippen LogP contribution >= 0.6 is 0 Å². The van der Waals surface area contributed by atoms with Crippen molar-refractivity contribution in [3.05, 3.63) is 0 Å². The fourth-order valence-corrected chi connectivity index (χ4v) is 2.51. The topological polar surface area (TPSA) is 21.7 Å². The number of nitrogens with zero attached hydrogens (tertiary/aromatic N) is 1. The first-order valence-corrected chi connectivity index (χ1v) is 6.55. The molecule has 0 aliphatic carbocycles. The Morgan fingerprint density at radius 1 is 1.17 bits per heavy atom. The lowest BCUT2D eigenvalue weighted by atomic mass is 10.1. The highest BCUT2D eigenvalue weighted by Gasteiger charge is 2.32. The second-order valence-corrected chi connectivity index (χ2v) is 5.06. The third-order valence-electron chi connectivity index (χ3n) is 3.48. The van der Waals surface area contributed by atoms with E-state index in [4.69, 9.17) is 9.47 Å². The van der Waals surface area contributed by atoms with E-state index in [9.17, 15) is 13.2 Å². The molecule has 0 saturated carbocycles.